The Labute approximate surface area is 189 Å². The van der Waals surface area contributed by atoms with Gasteiger partial charge in [-0.05, 0) is 48.0 Å². The second-order valence-corrected chi connectivity index (χ2v) is 7.55. The van der Waals surface area contributed by atoms with Crippen molar-refractivity contribution in [2.24, 2.45) is 0 Å². The van der Waals surface area contributed by atoms with E-state index in [4.69, 9.17) is 32.7 Å². The molecule has 0 unspecified atom stereocenters. The topological polar surface area (TPSA) is 70.9 Å². The zero-order valence-electron chi connectivity index (χ0n) is 16.5. The molecule has 0 bridgehead atoms. The van der Waals surface area contributed by atoms with Gasteiger partial charge in [-0.15, -0.1) is 0 Å². The predicted octanol–water partition coefficient (Wildman–Crippen LogP) is 6.52. The minimum atomic E-state index is 0.268. The van der Waals surface area contributed by atoms with Crippen LogP contribution in [0.3, 0.4) is 0 Å². The zero-order valence-corrected chi connectivity index (χ0v) is 18.0. The van der Waals surface area contributed by atoms with Crippen LogP contribution in [-0.2, 0) is 6.61 Å². The summed E-state index contributed by atoms with van der Waals surface area (Å²) in [5, 5.41) is 10.8. The van der Waals surface area contributed by atoms with Crippen LogP contribution in [0.5, 0.6) is 11.5 Å². The number of ether oxygens (including phenoxy) is 2. The number of allylic oxidation sites excluding steroid dienone is 1. The zero-order chi connectivity index (χ0) is 21.8. The highest BCUT2D eigenvalue weighted by Gasteiger charge is 2.11. The fourth-order valence-corrected chi connectivity index (χ4v) is 3.55. The van der Waals surface area contributed by atoms with Gasteiger partial charge in [-0.25, -0.2) is 4.98 Å². The summed E-state index contributed by atoms with van der Waals surface area (Å²) in [5.41, 5.74) is 3.70. The van der Waals surface area contributed by atoms with E-state index in [1.165, 1.54) is 0 Å². The van der Waals surface area contributed by atoms with Crippen LogP contribution in [-0.4, -0.2) is 17.1 Å². The summed E-state index contributed by atoms with van der Waals surface area (Å²) in [6.45, 7) is 0.268. The molecule has 0 spiro atoms. The number of nitrogens with zero attached hydrogens (tertiary/aromatic N) is 2. The molecule has 154 valence electrons. The van der Waals surface area contributed by atoms with Crippen molar-refractivity contribution in [1.82, 2.24) is 9.97 Å². The Morgan fingerprint density at radius 3 is 2.68 bits per heavy atom. The molecular formula is C24H17Cl2N3O2. The highest BCUT2D eigenvalue weighted by atomic mass is 35.5. The standard InChI is InChI=1S/C24H17Cl2N3O2/c1-30-23-11-15(6-9-22(23)31-14-16-7-8-18(25)12-19(16)26)10-17(13-27)24-28-20-4-2-3-5-21(20)29-24/h2-12H,14H2,1H3,(H,28,29). The van der Waals surface area contributed by atoms with E-state index in [-0.39, 0.29) is 6.61 Å². The fourth-order valence-electron chi connectivity index (χ4n) is 3.09. The first-order valence-corrected chi connectivity index (χ1v) is 10.1. The third-order valence-corrected chi connectivity index (χ3v) is 5.25. The van der Waals surface area contributed by atoms with Crippen LogP contribution in [0.2, 0.25) is 10.0 Å². The Morgan fingerprint density at radius 2 is 1.94 bits per heavy atom. The molecule has 3 aromatic carbocycles. The van der Waals surface area contributed by atoms with Gasteiger partial charge >= 0.3 is 0 Å². The molecule has 1 heterocycles. The molecule has 1 aromatic heterocycles. The molecule has 0 saturated heterocycles. The number of imidazole rings is 1. The molecular weight excluding hydrogens is 433 g/mol. The van der Waals surface area contributed by atoms with E-state index >= 15 is 0 Å². The first kappa shape index (κ1) is 20.8. The molecule has 0 aliphatic rings. The Balaban J connectivity index is 1.58. The van der Waals surface area contributed by atoms with E-state index in [1.54, 1.807) is 37.5 Å². The highest BCUT2D eigenvalue weighted by Crippen LogP contribution is 2.31. The van der Waals surface area contributed by atoms with Crippen molar-refractivity contribution in [3.8, 4) is 17.6 Å². The number of halogens is 2. The maximum absolute atomic E-state index is 9.65. The van der Waals surface area contributed by atoms with Gasteiger partial charge in [0.25, 0.3) is 0 Å². The highest BCUT2D eigenvalue weighted by molar-refractivity contribution is 6.35. The SMILES string of the molecule is COc1cc(C=C(C#N)c2nc3ccccc3[nH]2)ccc1OCc1ccc(Cl)cc1Cl. The lowest BCUT2D eigenvalue weighted by atomic mass is 10.1. The number of hydrogen-bond acceptors (Lipinski definition) is 4. The average Bonchev–Trinajstić information content (AvgIpc) is 3.21. The van der Waals surface area contributed by atoms with E-state index in [0.717, 1.165) is 22.2 Å². The second-order valence-electron chi connectivity index (χ2n) is 6.71. The summed E-state index contributed by atoms with van der Waals surface area (Å²) in [6, 6.07) is 20.6. The minimum absolute atomic E-state index is 0.268. The van der Waals surface area contributed by atoms with Crippen LogP contribution in [0.15, 0.2) is 60.7 Å². The van der Waals surface area contributed by atoms with Gasteiger partial charge in [-0.2, -0.15) is 5.26 Å². The molecule has 0 fully saturated rings. The Hall–Kier alpha value is -3.46. The summed E-state index contributed by atoms with van der Waals surface area (Å²) in [5.74, 6) is 1.62. The van der Waals surface area contributed by atoms with Crippen LogP contribution in [0.4, 0.5) is 0 Å². The van der Waals surface area contributed by atoms with E-state index in [1.807, 2.05) is 36.4 Å². The molecule has 5 nitrogen and oxygen atoms in total. The average molecular weight is 450 g/mol. The lowest BCUT2D eigenvalue weighted by molar-refractivity contribution is 0.284. The third-order valence-electron chi connectivity index (χ3n) is 4.66. The number of aromatic nitrogens is 2. The summed E-state index contributed by atoms with van der Waals surface area (Å²) in [7, 11) is 1.56. The van der Waals surface area contributed by atoms with Crippen molar-refractivity contribution in [2.75, 3.05) is 7.11 Å². The smallest absolute Gasteiger partial charge is 0.161 e. The molecule has 7 heteroatoms. The molecule has 4 rings (SSSR count). The summed E-state index contributed by atoms with van der Waals surface area (Å²) >= 11 is 12.2. The molecule has 4 aromatic rings. The molecule has 0 amide bonds. The van der Waals surface area contributed by atoms with Gasteiger partial charge in [0.1, 0.15) is 18.5 Å². The summed E-state index contributed by atoms with van der Waals surface area (Å²) in [4.78, 5) is 7.67. The number of benzene rings is 3. The number of H-pyrrole nitrogens is 1. The van der Waals surface area contributed by atoms with E-state index in [2.05, 4.69) is 16.0 Å². The number of methoxy groups -OCH3 is 1. The number of fused-ring (bicyclic) bond motifs is 1. The van der Waals surface area contributed by atoms with Gasteiger partial charge in [0.05, 0.1) is 23.7 Å². The third kappa shape index (κ3) is 4.66. The summed E-state index contributed by atoms with van der Waals surface area (Å²) in [6.07, 6.45) is 1.75. The Bertz CT molecular complexity index is 1290. The maximum Gasteiger partial charge on any atom is 0.161 e. The van der Waals surface area contributed by atoms with Crippen LogP contribution >= 0.6 is 23.2 Å². The van der Waals surface area contributed by atoms with Gasteiger partial charge in [0, 0.05) is 15.6 Å². The number of aromatic amines is 1. The monoisotopic (exact) mass is 449 g/mol. The lowest BCUT2D eigenvalue weighted by Gasteiger charge is -2.12. The molecule has 1 N–H and O–H groups in total. The van der Waals surface area contributed by atoms with Crippen molar-refractivity contribution in [1.29, 1.82) is 5.26 Å². The first-order chi connectivity index (χ1) is 15.1. The van der Waals surface area contributed by atoms with Crippen LogP contribution in [0.25, 0.3) is 22.7 Å². The number of rotatable bonds is 6. The van der Waals surface area contributed by atoms with Crippen LogP contribution in [0.1, 0.15) is 17.0 Å². The van der Waals surface area contributed by atoms with Crippen molar-refractivity contribution >= 4 is 45.9 Å². The second kappa shape index (κ2) is 9.13. The largest absolute Gasteiger partial charge is 0.493 e. The van der Waals surface area contributed by atoms with Crippen molar-refractivity contribution in [3.05, 3.63) is 87.7 Å². The number of hydrogen-bond donors (Lipinski definition) is 1. The van der Waals surface area contributed by atoms with E-state index < -0.39 is 0 Å². The Morgan fingerprint density at radius 1 is 1.10 bits per heavy atom. The van der Waals surface area contributed by atoms with Gasteiger partial charge in [0.2, 0.25) is 0 Å². The predicted molar refractivity (Wildman–Crippen MR) is 123 cm³/mol. The van der Waals surface area contributed by atoms with Gasteiger partial charge in [-0.3, -0.25) is 0 Å². The lowest BCUT2D eigenvalue weighted by Crippen LogP contribution is -1.98. The Kier molecular flexibility index (Phi) is 6.13. The van der Waals surface area contributed by atoms with Crippen LogP contribution < -0.4 is 9.47 Å². The molecule has 0 aliphatic heterocycles. The van der Waals surface area contributed by atoms with Crippen LogP contribution in [0, 0.1) is 11.3 Å². The summed E-state index contributed by atoms with van der Waals surface area (Å²) < 4.78 is 11.4. The molecule has 0 aliphatic carbocycles. The van der Waals surface area contributed by atoms with Gasteiger partial charge in [0.15, 0.2) is 11.5 Å². The molecule has 0 saturated carbocycles. The first-order valence-electron chi connectivity index (χ1n) is 9.39. The minimum Gasteiger partial charge on any atom is -0.493 e. The van der Waals surface area contributed by atoms with Crippen molar-refractivity contribution < 1.29 is 9.47 Å². The van der Waals surface area contributed by atoms with Crippen molar-refractivity contribution in [2.45, 2.75) is 6.61 Å². The number of para-hydroxylation sites is 2. The molecule has 0 radical (unpaired) electrons. The quantitative estimate of drug-likeness (QED) is 0.340. The molecule has 31 heavy (non-hydrogen) atoms. The molecule has 0 atom stereocenters. The normalized spacial score (nSPS) is 11.4. The van der Waals surface area contributed by atoms with Crippen molar-refractivity contribution in [3.63, 3.8) is 0 Å². The number of nitrogens with one attached hydrogen (secondary N) is 1. The van der Waals surface area contributed by atoms with Gasteiger partial charge < -0.3 is 14.5 Å². The fraction of sp³-hybridized carbons (Fsp3) is 0.0833. The van der Waals surface area contributed by atoms with E-state index in [9.17, 15) is 5.26 Å². The van der Waals surface area contributed by atoms with E-state index in [0.29, 0.717) is 32.9 Å². The maximum atomic E-state index is 9.65. The number of nitriles is 1. The van der Waals surface area contributed by atoms with Gasteiger partial charge in [-0.1, -0.05) is 47.5 Å².